The maximum Gasteiger partial charge on any atom is 0.271 e. The Bertz CT molecular complexity index is 1510. The zero-order valence-electron chi connectivity index (χ0n) is 18.6. The number of furan rings is 1. The van der Waals surface area contributed by atoms with Crippen LogP contribution in [0.1, 0.15) is 16.1 Å². The van der Waals surface area contributed by atoms with Crippen LogP contribution in [-0.4, -0.2) is 17.1 Å². The summed E-state index contributed by atoms with van der Waals surface area (Å²) >= 11 is 13.4. The van der Waals surface area contributed by atoms with E-state index in [2.05, 4.69) is 20.8 Å². The maximum atomic E-state index is 12.5. The number of nitrogens with zero attached hydrogens (tertiary/aromatic N) is 2. The summed E-state index contributed by atoms with van der Waals surface area (Å²) < 4.78 is 5.75. The lowest BCUT2D eigenvalue weighted by molar-refractivity contribution is 0.0955. The molecular weight excluding hydrogens is 515 g/mol. The first-order valence-electron chi connectivity index (χ1n) is 10.8. The standard InChI is InChI=1S/C27H18Cl2N4O2S/c28-20-7-5-18(6-8-20)25-14-13-23(35-25)15-30-33-26(34)19-3-1-17(2-4-19)24-16-36-27(32-24)31-22-11-9-21(29)10-12-22/h1-16H,(H,31,32)(H,33,34)/b30-15-. The van der Waals surface area contributed by atoms with E-state index in [-0.39, 0.29) is 5.91 Å². The van der Waals surface area contributed by atoms with Crippen molar-refractivity contribution in [3.63, 3.8) is 0 Å². The Morgan fingerprint density at radius 1 is 0.861 bits per heavy atom. The topological polar surface area (TPSA) is 79.5 Å². The summed E-state index contributed by atoms with van der Waals surface area (Å²) in [5, 5.41) is 11.3. The van der Waals surface area contributed by atoms with Gasteiger partial charge in [0.25, 0.3) is 5.91 Å². The van der Waals surface area contributed by atoms with Crippen molar-refractivity contribution in [2.24, 2.45) is 5.10 Å². The van der Waals surface area contributed by atoms with E-state index in [4.69, 9.17) is 27.6 Å². The molecule has 9 heteroatoms. The number of halogens is 2. The Morgan fingerprint density at radius 3 is 2.25 bits per heavy atom. The van der Waals surface area contributed by atoms with E-state index < -0.39 is 0 Å². The van der Waals surface area contributed by atoms with Crippen LogP contribution in [0.25, 0.3) is 22.6 Å². The molecule has 2 N–H and O–H groups in total. The van der Waals surface area contributed by atoms with Gasteiger partial charge in [-0.25, -0.2) is 10.4 Å². The maximum absolute atomic E-state index is 12.5. The summed E-state index contributed by atoms with van der Waals surface area (Å²) in [6.07, 6.45) is 1.45. The highest BCUT2D eigenvalue weighted by atomic mass is 35.5. The second kappa shape index (κ2) is 10.8. The van der Waals surface area contributed by atoms with Gasteiger partial charge in [0.15, 0.2) is 5.13 Å². The number of carbonyl (C=O) groups is 1. The van der Waals surface area contributed by atoms with Crippen LogP contribution in [0.3, 0.4) is 0 Å². The van der Waals surface area contributed by atoms with Crippen molar-refractivity contribution in [1.29, 1.82) is 0 Å². The number of anilines is 2. The molecule has 3 aromatic carbocycles. The predicted octanol–water partition coefficient (Wildman–Crippen LogP) is 7.88. The van der Waals surface area contributed by atoms with Crippen LogP contribution in [0.2, 0.25) is 10.0 Å². The first-order chi connectivity index (χ1) is 17.5. The lowest BCUT2D eigenvalue weighted by Crippen LogP contribution is -2.17. The van der Waals surface area contributed by atoms with Crippen LogP contribution >= 0.6 is 34.5 Å². The molecule has 2 heterocycles. The molecule has 0 fully saturated rings. The number of nitrogens with one attached hydrogen (secondary N) is 2. The van der Waals surface area contributed by atoms with Gasteiger partial charge in [0.1, 0.15) is 11.5 Å². The molecule has 0 saturated carbocycles. The molecule has 0 unspecified atom stereocenters. The molecular formula is C27H18Cl2N4O2S. The number of hydrogen-bond acceptors (Lipinski definition) is 6. The van der Waals surface area contributed by atoms with E-state index in [0.717, 1.165) is 27.6 Å². The quantitative estimate of drug-likeness (QED) is 0.165. The third kappa shape index (κ3) is 5.83. The molecule has 5 rings (SSSR count). The van der Waals surface area contributed by atoms with Crippen LogP contribution < -0.4 is 10.7 Å². The first-order valence-corrected chi connectivity index (χ1v) is 12.4. The van der Waals surface area contributed by atoms with Crippen LogP contribution in [-0.2, 0) is 0 Å². The summed E-state index contributed by atoms with van der Waals surface area (Å²) in [7, 11) is 0. The van der Waals surface area contributed by atoms with Crippen molar-refractivity contribution in [2.45, 2.75) is 0 Å². The van der Waals surface area contributed by atoms with Gasteiger partial charge in [-0.05, 0) is 72.8 Å². The number of thiazole rings is 1. The summed E-state index contributed by atoms with van der Waals surface area (Å²) in [5.74, 6) is 0.872. The molecule has 0 aliphatic carbocycles. The van der Waals surface area contributed by atoms with Gasteiger partial charge in [-0.2, -0.15) is 5.10 Å². The molecule has 0 bridgehead atoms. The molecule has 36 heavy (non-hydrogen) atoms. The van der Waals surface area contributed by atoms with E-state index in [9.17, 15) is 4.79 Å². The monoisotopic (exact) mass is 532 g/mol. The number of carbonyl (C=O) groups excluding carboxylic acids is 1. The van der Waals surface area contributed by atoms with Gasteiger partial charge in [0, 0.05) is 37.8 Å². The van der Waals surface area contributed by atoms with Crippen molar-refractivity contribution < 1.29 is 9.21 Å². The second-order valence-corrected chi connectivity index (χ2v) is 9.39. The smallest absolute Gasteiger partial charge is 0.271 e. The lowest BCUT2D eigenvalue weighted by atomic mass is 10.1. The summed E-state index contributed by atoms with van der Waals surface area (Å²) in [5.41, 5.74) is 6.52. The molecule has 2 aromatic heterocycles. The highest BCUT2D eigenvalue weighted by Crippen LogP contribution is 2.28. The highest BCUT2D eigenvalue weighted by Gasteiger charge is 2.09. The Kier molecular flexibility index (Phi) is 7.13. The molecule has 0 aliphatic heterocycles. The minimum absolute atomic E-state index is 0.328. The van der Waals surface area contributed by atoms with Gasteiger partial charge < -0.3 is 9.73 Å². The highest BCUT2D eigenvalue weighted by molar-refractivity contribution is 7.14. The van der Waals surface area contributed by atoms with Gasteiger partial charge >= 0.3 is 0 Å². The molecule has 0 saturated heterocycles. The van der Waals surface area contributed by atoms with E-state index >= 15 is 0 Å². The summed E-state index contributed by atoms with van der Waals surface area (Å²) in [6.45, 7) is 0. The Hall–Kier alpha value is -3.91. The Balaban J connectivity index is 1.18. The number of aromatic nitrogens is 1. The third-order valence-corrected chi connectivity index (χ3v) is 6.42. The Morgan fingerprint density at radius 2 is 1.53 bits per heavy atom. The minimum Gasteiger partial charge on any atom is -0.455 e. The normalized spacial score (nSPS) is 11.1. The van der Waals surface area contributed by atoms with Crippen molar-refractivity contribution in [3.05, 3.63) is 112 Å². The first kappa shape index (κ1) is 23.8. The predicted molar refractivity (Wildman–Crippen MR) is 146 cm³/mol. The van der Waals surface area contributed by atoms with Crippen LogP contribution in [0.15, 0.2) is 99.8 Å². The zero-order chi connectivity index (χ0) is 24.9. The zero-order valence-corrected chi connectivity index (χ0v) is 20.9. The Labute approximate surface area is 221 Å². The summed E-state index contributed by atoms with van der Waals surface area (Å²) in [4.78, 5) is 17.1. The second-order valence-electron chi connectivity index (χ2n) is 7.66. The number of amides is 1. The van der Waals surface area contributed by atoms with Crippen molar-refractivity contribution in [1.82, 2.24) is 10.4 Å². The summed E-state index contributed by atoms with van der Waals surface area (Å²) in [6, 6.07) is 25.5. The molecule has 5 aromatic rings. The molecule has 0 radical (unpaired) electrons. The van der Waals surface area contributed by atoms with Crippen LogP contribution in [0, 0.1) is 0 Å². The number of hydrazone groups is 1. The van der Waals surface area contributed by atoms with Gasteiger partial charge in [0.05, 0.1) is 11.9 Å². The molecule has 1 amide bonds. The SMILES string of the molecule is O=C(N/N=C\c1ccc(-c2ccc(Cl)cc2)o1)c1ccc(-c2csc(Nc3ccc(Cl)cc3)n2)cc1. The fraction of sp³-hybridized carbons (Fsp3) is 0. The molecule has 6 nitrogen and oxygen atoms in total. The molecule has 178 valence electrons. The van der Waals surface area contributed by atoms with Crippen molar-refractivity contribution in [2.75, 3.05) is 5.32 Å². The molecule has 0 spiro atoms. The number of rotatable bonds is 7. The fourth-order valence-electron chi connectivity index (χ4n) is 3.32. The average molecular weight is 533 g/mol. The largest absolute Gasteiger partial charge is 0.455 e. The van der Waals surface area contributed by atoms with Gasteiger partial charge in [-0.1, -0.05) is 35.3 Å². The number of hydrogen-bond donors (Lipinski definition) is 2. The molecule has 0 aliphatic rings. The van der Waals surface area contributed by atoms with Gasteiger partial charge in [-0.15, -0.1) is 11.3 Å². The van der Waals surface area contributed by atoms with E-state index in [0.29, 0.717) is 27.1 Å². The van der Waals surface area contributed by atoms with Crippen molar-refractivity contribution in [3.8, 4) is 22.6 Å². The van der Waals surface area contributed by atoms with Gasteiger partial charge in [-0.3, -0.25) is 4.79 Å². The molecule has 0 atom stereocenters. The third-order valence-electron chi connectivity index (χ3n) is 5.16. The van der Waals surface area contributed by atoms with Crippen LogP contribution in [0.5, 0.6) is 0 Å². The average Bonchev–Trinajstić information content (AvgIpc) is 3.56. The van der Waals surface area contributed by atoms with Crippen LogP contribution in [0.4, 0.5) is 10.8 Å². The fourth-order valence-corrected chi connectivity index (χ4v) is 4.32. The van der Waals surface area contributed by atoms with E-state index in [1.807, 2.05) is 60.0 Å². The van der Waals surface area contributed by atoms with Gasteiger partial charge in [0.2, 0.25) is 0 Å². The van der Waals surface area contributed by atoms with Crippen molar-refractivity contribution >= 4 is 57.5 Å². The van der Waals surface area contributed by atoms with E-state index in [1.165, 1.54) is 17.6 Å². The lowest BCUT2D eigenvalue weighted by Gasteiger charge is -2.03. The minimum atomic E-state index is -0.328. The van der Waals surface area contributed by atoms with E-state index in [1.54, 1.807) is 30.3 Å². The number of benzene rings is 3.